The minimum absolute atomic E-state index is 0.693. The van der Waals surface area contributed by atoms with E-state index in [1.165, 1.54) is 4.88 Å². The van der Waals surface area contributed by atoms with Gasteiger partial charge in [-0.25, -0.2) is 0 Å². The Bertz CT molecular complexity index is 527. The maximum Gasteiger partial charge on any atom is 0.121 e. The monoisotopic (exact) mass is 282 g/mol. The van der Waals surface area contributed by atoms with Crippen LogP contribution in [0.3, 0.4) is 0 Å². The fourth-order valence-corrected chi connectivity index (χ4v) is 2.72. The SMILES string of the molecule is COc1ccc(NCCc2ccc(Cl)s2)c(N)c1. The zero-order chi connectivity index (χ0) is 13.0. The third-order valence-corrected chi connectivity index (χ3v) is 3.87. The van der Waals surface area contributed by atoms with Gasteiger partial charge in [-0.2, -0.15) is 0 Å². The molecule has 0 aliphatic heterocycles. The number of nitrogens with two attached hydrogens (primary N) is 1. The van der Waals surface area contributed by atoms with Crippen molar-refractivity contribution in [2.45, 2.75) is 6.42 Å². The molecule has 18 heavy (non-hydrogen) atoms. The van der Waals surface area contributed by atoms with Crippen molar-refractivity contribution in [2.24, 2.45) is 0 Å². The normalized spacial score (nSPS) is 10.3. The van der Waals surface area contributed by atoms with Crippen LogP contribution in [0.25, 0.3) is 0 Å². The van der Waals surface area contributed by atoms with Gasteiger partial charge in [-0.05, 0) is 30.7 Å². The molecule has 0 fully saturated rings. The first kappa shape index (κ1) is 13.1. The standard InChI is InChI=1S/C13H15ClN2OS/c1-17-9-2-4-12(11(15)8-9)16-7-6-10-3-5-13(14)18-10/h2-5,8,16H,6-7,15H2,1H3. The van der Waals surface area contributed by atoms with Crippen LogP contribution in [0.15, 0.2) is 30.3 Å². The highest BCUT2D eigenvalue weighted by Gasteiger charge is 2.02. The molecule has 0 bridgehead atoms. The van der Waals surface area contributed by atoms with Crippen molar-refractivity contribution in [3.05, 3.63) is 39.5 Å². The van der Waals surface area contributed by atoms with Crippen LogP contribution in [0.2, 0.25) is 4.34 Å². The summed E-state index contributed by atoms with van der Waals surface area (Å²) in [5.74, 6) is 0.767. The highest BCUT2D eigenvalue weighted by atomic mass is 35.5. The van der Waals surface area contributed by atoms with Crippen LogP contribution in [0.1, 0.15) is 4.88 Å². The van der Waals surface area contributed by atoms with Crippen LogP contribution >= 0.6 is 22.9 Å². The zero-order valence-electron chi connectivity index (χ0n) is 10.1. The molecule has 2 rings (SSSR count). The maximum absolute atomic E-state index is 5.92. The Morgan fingerprint density at radius 2 is 2.17 bits per heavy atom. The molecule has 0 spiro atoms. The van der Waals surface area contributed by atoms with E-state index in [0.29, 0.717) is 5.69 Å². The predicted octanol–water partition coefficient (Wildman–Crippen LogP) is 3.65. The van der Waals surface area contributed by atoms with Gasteiger partial charge in [0.15, 0.2) is 0 Å². The lowest BCUT2D eigenvalue weighted by molar-refractivity contribution is 0.415. The van der Waals surface area contributed by atoms with Gasteiger partial charge in [0, 0.05) is 17.5 Å². The van der Waals surface area contributed by atoms with Crippen LogP contribution < -0.4 is 15.8 Å². The van der Waals surface area contributed by atoms with E-state index in [1.807, 2.05) is 30.3 Å². The first-order chi connectivity index (χ1) is 8.69. The number of nitrogen functional groups attached to an aromatic ring is 1. The van der Waals surface area contributed by atoms with Gasteiger partial charge in [0.25, 0.3) is 0 Å². The molecule has 0 radical (unpaired) electrons. The van der Waals surface area contributed by atoms with E-state index in [0.717, 1.165) is 28.7 Å². The number of hydrogen-bond donors (Lipinski definition) is 2. The molecule has 0 aliphatic carbocycles. The summed E-state index contributed by atoms with van der Waals surface area (Å²) < 4.78 is 5.93. The Kier molecular flexibility index (Phi) is 4.33. The number of nitrogens with one attached hydrogen (secondary N) is 1. The number of methoxy groups -OCH3 is 1. The molecule has 3 nitrogen and oxygen atoms in total. The van der Waals surface area contributed by atoms with Crippen LogP contribution in [0.4, 0.5) is 11.4 Å². The van der Waals surface area contributed by atoms with Crippen molar-refractivity contribution >= 4 is 34.3 Å². The summed E-state index contributed by atoms with van der Waals surface area (Å²) in [6.07, 6.45) is 0.933. The highest BCUT2D eigenvalue weighted by molar-refractivity contribution is 7.16. The van der Waals surface area contributed by atoms with E-state index < -0.39 is 0 Å². The largest absolute Gasteiger partial charge is 0.497 e. The van der Waals surface area contributed by atoms with Gasteiger partial charge >= 0.3 is 0 Å². The molecule has 0 aliphatic rings. The Morgan fingerprint density at radius 1 is 1.33 bits per heavy atom. The number of hydrogen-bond acceptors (Lipinski definition) is 4. The van der Waals surface area contributed by atoms with Crippen molar-refractivity contribution in [1.29, 1.82) is 0 Å². The van der Waals surface area contributed by atoms with E-state index >= 15 is 0 Å². The van der Waals surface area contributed by atoms with Gasteiger partial charge < -0.3 is 15.8 Å². The van der Waals surface area contributed by atoms with E-state index in [9.17, 15) is 0 Å². The average molecular weight is 283 g/mol. The fraction of sp³-hybridized carbons (Fsp3) is 0.231. The van der Waals surface area contributed by atoms with Gasteiger partial charge in [-0.3, -0.25) is 0 Å². The van der Waals surface area contributed by atoms with Crippen molar-refractivity contribution < 1.29 is 4.74 Å². The van der Waals surface area contributed by atoms with Gasteiger partial charge in [0.05, 0.1) is 22.8 Å². The molecule has 1 aromatic carbocycles. The number of benzene rings is 1. The van der Waals surface area contributed by atoms with Gasteiger partial charge in [0.2, 0.25) is 0 Å². The lowest BCUT2D eigenvalue weighted by Crippen LogP contribution is -2.06. The smallest absolute Gasteiger partial charge is 0.121 e. The average Bonchev–Trinajstić information content (AvgIpc) is 2.77. The van der Waals surface area contributed by atoms with Crippen LogP contribution in [0, 0.1) is 0 Å². The highest BCUT2D eigenvalue weighted by Crippen LogP contribution is 2.25. The molecule has 0 saturated carbocycles. The van der Waals surface area contributed by atoms with E-state index in [4.69, 9.17) is 22.1 Å². The Labute approximate surface area is 116 Å². The van der Waals surface area contributed by atoms with E-state index in [1.54, 1.807) is 18.4 Å². The van der Waals surface area contributed by atoms with Crippen molar-refractivity contribution in [1.82, 2.24) is 0 Å². The Hall–Kier alpha value is -1.39. The lowest BCUT2D eigenvalue weighted by Gasteiger charge is -2.10. The molecule has 1 heterocycles. The third-order valence-electron chi connectivity index (χ3n) is 2.57. The summed E-state index contributed by atoms with van der Waals surface area (Å²) >= 11 is 7.49. The first-order valence-electron chi connectivity index (χ1n) is 5.60. The topological polar surface area (TPSA) is 47.3 Å². The van der Waals surface area contributed by atoms with E-state index in [2.05, 4.69) is 5.32 Å². The summed E-state index contributed by atoms with van der Waals surface area (Å²) in [7, 11) is 1.63. The number of anilines is 2. The zero-order valence-corrected chi connectivity index (χ0v) is 11.6. The molecule has 3 N–H and O–H groups in total. The molecule has 2 aromatic rings. The van der Waals surface area contributed by atoms with Crippen LogP contribution in [-0.2, 0) is 6.42 Å². The number of rotatable bonds is 5. The van der Waals surface area contributed by atoms with Crippen LogP contribution in [-0.4, -0.2) is 13.7 Å². The van der Waals surface area contributed by atoms with Gasteiger partial charge in [0.1, 0.15) is 5.75 Å². The van der Waals surface area contributed by atoms with Crippen LogP contribution in [0.5, 0.6) is 5.75 Å². The van der Waals surface area contributed by atoms with Crippen molar-refractivity contribution in [3.63, 3.8) is 0 Å². The third kappa shape index (κ3) is 3.31. The second-order valence-electron chi connectivity index (χ2n) is 3.84. The fourth-order valence-electron chi connectivity index (χ4n) is 1.64. The summed E-state index contributed by atoms with van der Waals surface area (Å²) in [5, 5.41) is 3.31. The molecule has 5 heteroatoms. The second-order valence-corrected chi connectivity index (χ2v) is 5.64. The Balaban J connectivity index is 1.90. The minimum atomic E-state index is 0.693. The molecular formula is C13H15ClN2OS. The number of halogens is 1. The maximum atomic E-state index is 5.92. The summed E-state index contributed by atoms with van der Waals surface area (Å²) in [5.41, 5.74) is 7.54. The molecule has 0 unspecified atom stereocenters. The summed E-state index contributed by atoms with van der Waals surface area (Å²) in [6, 6.07) is 9.59. The van der Waals surface area contributed by atoms with Gasteiger partial charge in [-0.1, -0.05) is 11.6 Å². The molecule has 1 aromatic heterocycles. The molecule has 0 amide bonds. The molecule has 0 saturated heterocycles. The number of ether oxygens (including phenoxy) is 1. The lowest BCUT2D eigenvalue weighted by atomic mass is 10.2. The summed E-state index contributed by atoms with van der Waals surface area (Å²) in [4.78, 5) is 1.26. The second kappa shape index (κ2) is 5.98. The van der Waals surface area contributed by atoms with Gasteiger partial charge in [-0.15, -0.1) is 11.3 Å². The Morgan fingerprint density at radius 3 is 2.78 bits per heavy atom. The molecule has 0 atom stereocenters. The number of thiophene rings is 1. The quantitative estimate of drug-likeness (QED) is 0.823. The van der Waals surface area contributed by atoms with Crippen molar-refractivity contribution in [3.8, 4) is 5.75 Å². The summed E-state index contributed by atoms with van der Waals surface area (Å²) in [6.45, 7) is 0.827. The predicted molar refractivity (Wildman–Crippen MR) is 78.9 cm³/mol. The van der Waals surface area contributed by atoms with Crippen molar-refractivity contribution in [2.75, 3.05) is 24.7 Å². The first-order valence-corrected chi connectivity index (χ1v) is 6.80. The van der Waals surface area contributed by atoms with E-state index in [-0.39, 0.29) is 0 Å². The minimum Gasteiger partial charge on any atom is -0.497 e. The molecule has 96 valence electrons. The molecular weight excluding hydrogens is 268 g/mol.